The third-order valence-electron chi connectivity index (χ3n) is 1.91. The van der Waals surface area contributed by atoms with E-state index in [1.165, 1.54) is 10.6 Å². The minimum atomic E-state index is -0.115. The number of aromatic nitrogens is 1. The Morgan fingerprint density at radius 3 is 2.80 bits per heavy atom. The maximum atomic E-state index is 11.3. The van der Waals surface area contributed by atoms with Crippen molar-refractivity contribution in [3.63, 3.8) is 0 Å². The second kappa shape index (κ2) is 5.31. The summed E-state index contributed by atoms with van der Waals surface area (Å²) in [5, 5.41) is 5.60. The summed E-state index contributed by atoms with van der Waals surface area (Å²) in [6.45, 7) is 2.96. The summed E-state index contributed by atoms with van der Waals surface area (Å²) in [6, 6.07) is 3.01. The molecule has 0 atom stereocenters. The molecule has 1 amide bonds. The Hall–Kier alpha value is -1.62. The van der Waals surface area contributed by atoms with Gasteiger partial charge in [-0.3, -0.25) is 9.59 Å². The molecule has 0 spiro atoms. The SMILES string of the molecule is CCNCC(=O)Nc1ccc(=O)n(C)c1. The summed E-state index contributed by atoms with van der Waals surface area (Å²) in [5.41, 5.74) is 0.527. The third-order valence-corrected chi connectivity index (χ3v) is 1.91. The van der Waals surface area contributed by atoms with E-state index >= 15 is 0 Å². The van der Waals surface area contributed by atoms with Crippen molar-refractivity contribution in [2.24, 2.45) is 7.05 Å². The van der Waals surface area contributed by atoms with Crippen molar-refractivity contribution in [3.8, 4) is 0 Å². The number of anilines is 1. The largest absolute Gasteiger partial charge is 0.324 e. The van der Waals surface area contributed by atoms with Gasteiger partial charge >= 0.3 is 0 Å². The van der Waals surface area contributed by atoms with Crippen LogP contribution < -0.4 is 16.2 Å². The van der Waals surface area contributed by atoms with E-state index < -0.39 is 0 Å². The van der Waals surface area contributed by atoms with Crippen molar-refractivity contribution in [1.82, 2.24) is 9.88 Å². The summed E-state index contributed by atoms with van der Waals surface area (Å²) in [5.74, 6) is -0.115. The van der Waals surface area contributed by atoms with Gasteiger partial charge in [0.15, 0.2) is 0 Å². The topological polar surface area (TPSA) is 63.1 Å². The summed E-state index contributed by atoms with van der Waals surface area (Å²) in [4.78, 5) is 22.4. The molecular weight excluding hydrogens is 194 g/mol. The minimum absolute atomic E-state index is 0.0975. The summed E-state index contributed by atoms with van der Waals surface area (Å²) in [7, 11) is 1.64. The zero-order valence-electron chi connectivity index (χ0n) is 8.91. The molecule has 0 saturated carbocycles. The van der Waals surface area contributed by atoms with E-state index in [9.17, 15) is 9.59 Å². The summed E-state index contributed by atoms with van der Waals surface area (Å²) in [6.07, 6.45) is 1.59. The number of nitrogens with one attached hydrogen (secondary N) is 2. The van der Waals surface area contributed by atoms with Gasteiger partial charge in [0.25, 0.3) is 0 Å². The Morgan fingerprint density at radius 1 is 1.47 bits per heavy atom. The Kier molecular flexibility index (Phi) is 4.05. The highest BCUT2D eigenvalue weighted by Crippen LogP contribution is 2.01. The van der Waals surface area contributed by atoms with Crippen LogP contribution in [-0.4, -0.2) is 23.6 Å². The second-order valence-electron chi connectivity index (χ2n) is 3.20. The zero-order valence-corrected chi connectivity index (χ0v) is 8.91. The molecule has 5 heteroatoms. The van der Waals surface area contributed by atoms with Crippen LogP contribution in [0, 0.1) is 0 Å². The Labute approximate surface area is 88.1 Å². The second-order valence-corrected chi connectivity index (χ2v) is 3.20. The van der Waals surface area contributed by atoms with Crippen molar-refractivity contribution in [2.45, 2.75) is 6.92 Å². The Morgan fingerprint density at radius 2 is 2.20 bits per heavy atom. The number of nitrogens with zero attached hydrogens (tertiary/aromatic N) is 1. The quantitative estimate of drug-likeness (QED) is 0.730. The molecule has 1 heterocycles. The van der Waals surface area contributed by atoms with Gasteiger partial charge < -0.3 is 15.2 Å². The van der Waals surface area contributed by atoms with E-state index in [2.05, 4.69) is 10.6 Å². The van der Waals surface area contributed by atoms with Crippen LogP contribution in [0.3, 0.4) is 0 Å². The smallest absolute Gasteiger partial charge is 0.250 e. The van der Waals surface area contributed by atoms with Crippen molar-refractivity contribution < 1.29 is 4.79 Å². The maximum Gasteiger partial charge on any atom is 0.250 e. The number of amides is 1. The van der Waals surface area contributed by atoms with Crippen LogP contribution in [0.25, 0.3) is 0 Å². The fourth-order valence-electron chi connectivity index (χ4n) is 1.11. The van der Waals surface area contributed by atoms with Crippen LogP contribution in [0.4, 0.5) is 5.69 Å². The molecule has 1 aromatic rings. The van der Waals surface area contributed by atoms with Gasteiger partial charge in [-0.25, -0.2) is 0 Å². The monoisotopic (exact) mass is 209 g/mol. The van der Waals surface area contributed by atoms with Gasteiger partial charge in [-0.05, 0) is 12.6 Å². The fourth-order valence-corrected chi connectivity index (χ4v) is 1.11. The van der Waals surface area contributed by atoms with Crippen molar-refractivity contribution in [2.75, 3.05) is 18.4 Å². The lowest BCUT2D eigenvalue weighted by Crippen LogP contribution is -2.28. The van der Waals surface area contributed by atoms with Crippen LogP contribution in [0.2, 0.25) is 0 Å². The van der Waals surface area contributed by atoms with Gasteiger partial charge in [0, 0.05) is 19.3 Å². The molecule has 1 aromatic heterocycles. The van der Waals surface area contributed by atoms with E-state index in [0.717, 1.165) is 6.54 Å². The van der Waals surface area contributed by atoms with Crippen molar-refractivity contribution >= 4 is 11.6 Å². The molecule has 5 nitrogen and oxygen atoms in total. The highest BCUT2D eigenvalue weighted by Gasteiger charge is 2.01. The van der Waals surface area contributed by atoms with E-state index in [1.807, 2.05) is 6.92 Å². The van der Waals surface area contributed by atoms with Crippen LogP contribution in [0.15, 0.2) is 23.1 Å². The normalized spacial score (nSPS) is 10.0. The maximum absolute atomic E-state index is 11.3. The molecule has 0 saturated heterocycles. The zero-order chi connectivity index (χ0) is 11.3. The molecule has 0 radical (unpaired) electrons. The van der Waals surface area contributed by atoms with Gasteiger partial charge in [-0.2, -0.15) is 0 Å². The highest BCUT2D eigenvalue weighted by molar-refractivity contribution is 5.92. The first-order valence-electron chi connectivity index (χ1n) is 4.80. The van der Waals surface area contributed by atoms with Crippen LogP contribution in [0.1, 0.15) is 6.92 Å². The summed E-state index contributed by atoms with van der Waals surface area (Å²) < 4.78 is 1.42. The van der Waals surface area contributed by atoms with E-state index in [1.54, 1.807) is 19.3 Å². The van der Waals surface area contributed by atoms with Crippen LogP contribution in [-0.2, 0) is 11.8 Å². The minimum Gasteiger partial charge on any atom is -0.324 e. The molecule has 0 aromatic carbocycles. The van der Waals surface area contributed by atoms with E-state index in [-0.39, 0.29) is 18.0 Å². The van der Waals surface area contributed by atoms with Gasteiger partial charge in [0.05, 0.1) is 12.2 Å². The number of hydrogen-bond donors (Lipinski definition) is 2. The predicted molar refractivity (Wildman–Crippen MR) is 58.9 cm³/mol. The number of hydrogen-bond acceptors (Lipinski definition) is 3. The molecule has 15 heavy (non-hydrogen) atoms. The molecule has 0 unspecified atom stereocenters. The van der Waals surface area contributed by atoms with Gasteiger partial charge in [0.1, 0.15) is 0 Å². The first-order chi connectivity index (χ1) is 7.13. The average Bonchev–Trinajstić information content (AvgIpc) is 2.20. The van der Waals surface area contributed by atoms with Crippen LogP contribution in [0.5, 0.6) is 0 Å². The van der Waals surface area contributed by atoms with Crippen molar-refractivity contribution in [1.29, 1.82) is 0 Å². The number of carbonyl (C=O) groups excluding carboxylic acids is 1. The van der Waals surface area contributed by atoms with Crippen molar-refractivity contribution in [3.05, 3.63) is 28.7 Å². The van der Waals surface area contributed by atoms with Gasteiger partial charge in [-0.1, -0.05) is 6.92 Å². The molecule has 0 bridgehead atoms. The molecule has 0 aliphatic carbocycles. The van der Waals surface area contributed by atoms with E-state index in [0.29, 0.717) is 5.69 Å². The number of likely N-dealkylation sites (N-methyl/N-ethyl adjacent to an activating group) is 1. The molecule has 2 N–H and O–H groups in total. The average molecular weight is 209 g/mol. The lowest BCUT2D eigenvalue weighted by molar-refractivity contribution is -0.115. The standard InChI is InChI=1S/C10H15N3O2/c1-3-11-6-9(14)12-8-4-5-10(15)13(2)7-8/h4-5,7,11H,3,6H2,1-2H3,(H,12,14). The molecule has 82 valence electrons. The summed E-state index contributed by atoms with van der Waals surface area (Å²) >= 11 is 0. The molecule has 0 aliphatic heterocycles. The highest BCUT2D eigenvalue weighted by atomic mass is 16.2. The Balaban J connectivity index is 2.61. The van der Waals surface area contributed by atoms with Gasteiger partial charge in [-0.15, -0.1) is 0 Å². The fraction of sp³-hybridized carbons (Fsp3) is 0.400. The lowest BCUT2D eigenvalue weighted by Gasteiger charge is -2.06. The number of pyridine rings is 1. The molecule has 0 aliphatic rings. The Bertz CT molecular complexity index is 398. The van der Waals surface area contributed by atoms with Crippen LogP contribution >= 0.6 is 0 Å². The molecular formula is C10H15N3O2. The molecule has 0 fully saturated rings. The molecule has 1 rings (SSSR count). The number of carbonyl (C=O) groups is 1. The first-order valence-corrected chi connectivity index (χ1v) is 4.80. The van der Waals surface area contributed by atoms with E-state index in [4.69, 9.17) is 0 Å². The first kappa shape index (κ1) is 11.5. The number of rotatable bonds is 4. The number of aryl methyl sites for hydroxylation is 1. The third kappa shape index (κ3) is 3.55. The predicted octanol–water partition coefficient (Wildman–Crippen LogP) is -0.0667. The van der Waals surface area contributed by atoms with Gasteiger partial charge in [0.2, 0.25) is 11.5 Å². The lowest BCUT2D eigenvalue weighted by atomic mass is 10.4.